The molecule has 2 nitrogen and oxygen atoms in total. The maximum absolute atomic E-state index is 6.02. The van der Waals surface area contributed by atoms with Crippen LogP contribution in [0.1, 0.15) is 30.5 Å². The summed E-state index contributed by atoms with van der Waals surface area (Å²) in [6.45, 7) is 2.85. The van der Waals surface area contributed by atoms with Crippen molar-refractivity contribution in [2.75, 3.05) is 6.61 Å². The average molecular weight is 299 g/mol. The molecule has 3 rings (SSSR count). The number of ether oxygens (including phenoxy) is 1. The minimum Gasteiger partial charge on any atom is -0.492 e. The first-order chi connectivity index (χ1) is 10.3. The summed E-state index contributed by atoms with van der Waals surface area (Å²) in [6, 6.07) is 16.9. The second-order valence-corrected chi connectivity index (χ2v) is 6.79. The summed E-state index contributed by atoms with van der Waals surface area (Å²) in [6.07, 6.45) is 2.05. The van der Waals surface area contributed by atoms with Crippen LogP contribution in [0.5, 0.6) is 5.75 Å². The fourth-order valence-corrected chi connectivity index (χ4v) is 3.80. The monoisotopic (exact) mass is 299 g/mol. The summed E-state index contributed by atoms with van der Waals surface area (Å²) in [5.41, 5.74) is 8.64. The number of hydrogen-bond acceptors (Lipinski definition) is 3. The van der Waals surface area contributed by atoms with Crippen molar-refractivity contribution in [3.05, 3.63) is 59.7 Å². The Kier molecular flexibility index (Phi) is 4.51. The minimum atomic E-state index is 0.124. The molecule has 2 N–H and O–H groups in total. The standard InChI is InChI=1S/C18H21NOS/c1-2-17(19)13-7-9-15(10-8-13)20-12-16-11-14-5-3-4-6-18(14)21-16/h3-10,16-17H,2,11-12,19H2,1H3. The Morgan fingerprint density at radius 1 is 1.19 bits per heavy atom. The molecule has 0 aromatic heterocycles. The molecule has 3 heteroatoms. The molecule has 2 aromatic carbocycles. The summed E-state index contributed by atoms with van der Waals surface area (Å²) >= 11 is 1.92. The number of rotatable bonds is 5. The van der Waals surface area contributed by atoms with Crippen LogP contribution < -0.4 is 10.5 Å². The molecule has 1 aliphatic rings. The van der Waals surface area contributed by atoms with Gasteiger partial charge in [0.2, 0.25) is 0 Å². The van der Waals surface area contributed by atoms with Gasteiger partial charge >= 0.3 is 0 Å². The van der Waals surface area contributed by atoms with Gasteiger partial charge in [-0.25, -0.2) is 0 Å². The molecule has 21 heavy (non-hydrogen) atoms. The number of nitrogens with two attached hydrogens (primary N) is 1. The van der Waals surface area contributed by atoms with E-state index in [9.17, 15) is 0 Å². The first-order valence-corrected chi connectivity index (χ1v) is 8.37. The average Bonchev–Trinajstić information content (AvgIpc) is 2.95. The van der Waals surface area contributed by atoms with E-state index in [1.54, 1.807) is 0 Å². The minimum absolute atomic E-state index is 0.124. The van der Waals surface area contributed by atoms with E-state index < -0.39 is 0 Å². The van der Waals surface area contributed by atoms with Crippen molar-refractivity contribution in [2.24, 2.45) is 5.73 Å². The van der Waals surface area contributed by atoms with Gasteiger partial charge in [-0.2, -0.15) is 0 Å². The molecule has 0 fully saturated rings. The molecule has 0 radical (unpaired) electrons. The highest BCUT2D eigenvalue weighted by Crippen LogP contribution is 2.36. The third-order valence-corrected chi connectivity index (χ3v) is 5.19. The smallest absolute Gasteiger partial charge is 0.119 e. The second-order valence-electron chi connectivity index (χ2n) is 5.45. The summed E-state index contributed by atoms with van der Waals surface area (Å²) in [5, 5.41) is 0.514. The predicted octanol–water partition coefficient (Wildman–Crippen LogP) is 4.19. The molecule has 2 aromatic rings. The predicted molar refractivity (Wildman–Crippen MR) is 88.9 cm³/mol. The highest BCUT2D eigenvalue weighted by Gasteiger charge is 2.22. The molecule has 0 spiro atoms. The van der Waals surface area contributed by atoms with E-state index in [1.807, 2.05) is 23.9 Å². The largest absolute Gasteiger partial charge is 0.492 e. The van der Waals surface area contributed by atoms with Crippen LogP contribution in [0, 0.1) is 0 Å². The van der Waals surface area contributed by atoms with Gasteiger partial charge in [0, 0.05) is 16.2 Å². The Bertz CT molecular complexity index is 571. The van der Waals surface area contributed by atoms with Crippen molar-refractivity contribution in [1.29, 1.82) is 0 Å². The third-order valence-electron chi connectivity index (χ3n) is 3.90. The summed E-state index contributed by atoms with van der Waals surface area (Å²) in [4.78, 5) is 1.40. The van der Waals surface area contributed by atoms with Gasteiger partial charge in [0.25, 0.3) is 0 Å². The van der Waals surface area contributed by atoms with Crippen LogP contribution in [-0.2, 0) is 6.42 Å². The van der Waals surface area contributed by atoms with Crippen molar-refractivity contribution < 1.29 is 4.74 Å². The molecule has 0 aliphatic carbocycles. The Labute approximate surface area is 130 Å². The first-order valence-electron chi connectivity index (χ1n) is 7.49. The van der Waals surface area contributed by atoms with Crippen molar-refractivity contribution in [1.82, 2.24) is 0 Å². The summed E-state index contributed by atoms with van der Waals surface area (Å²) in [7, 11) is 0. The molecular weight excluding hydrogens is 278 g/mol. The Morgan fingerprint density at radius 2 is 1.95 bits per heavy atom. The van der Waals surface area contributed by atoms with E-state index in [0.717, 1.165) is 25.2 Å². The van der Waals surface area contributed by atoms with Gasteiger partial charge in [0.05, 0.1) is 0 Å². The molecule has 2 atom stereocenters. The van der Waals surface area contributed by atoms with Crippen molar-refractivity contribution in [3.63, 3.8) is 0 Å². The number of thioether (sulfide) groups is 1. The zero-order valence-electron chi connectivity index (χ0n) is 12.3. The molecule has 0 amide bonds. The van der Waals surface area contributed by atoms with E-state index >= 15 is 0 Å². The fraction of sp³-hybridized carbons (Fsp3) is 0.333. The SMILES string of the molecule is CCC(N)c1ccc(OCC2Cc3ccccc3S2)cc1. The lowest BCUT2D eigenvalue weighted by Gasteiger charge is -2.13. The van der Waals surface area contributed by atoms with Crippen LogP contribution in [0.2, 0.25) is 0 Å². The topological polar surface area (TPSA) is 35.2 Å². The molecular formula is C18H21NOS. The van der Waals surface area contributed by atoms with E-state index in [-0.39, 0.29) is 6.04 Å². The molecule has 0 bridgehead atoms. The van der Waals surface area contributed by atoms with Crippen LogP contribution in [0.15, 0.2) is 53.4 Å². The van der Waals surface area contributed by atoms with Crippen LogP contribution in [-0.4, -0.2) is 11.9 Å². The molecule has 0 saturated heterocycles. The second kappa shape index (κ2) is 6.54. The van der Waals surface area contributed by atoms with Crippen LogP contribution in [0.25, 0.3) is 0 Å². The van der Waals surface area contributed by atoms with Crippen LogP contribution in [0.4, 0.5) is 0 Å². The Balaban J connectivity index is 1.55. The highest BCUT2D eigenvalue weighted by molar-refractivity contribution is 8.00. The maximum atomic E-state index is 6.02. The molecule has 110 valence electrons. The van der Waals surface area contributed by atoms with Gasteiger partial charge in [0.1, 0.15) is 12.4 Å². The van der Waals surface area contributed by atoms with E-state index in [2.05, 4.69) is 43.3 Å². The molecule has 1 heterocycles. The zero-order valence-corrected chi connectivity index (χ0v) is 13.1. The Morgan fingerprint density at radius 3 is 2.67 bits per heavy atom. The Hall–Kier alpha value is -1.45. The highest BCUT2D eigenvalue weighted by atomic mass is 32.2. The van der Waals surface area contributed by atoms with Crippen LogP contribution in [0.3, 0.4) is 0 Å². The summed E-state index contributed by atoms with van der Waals surface area (Å²) < 4.78 is 5.93. The van der Waals surface area contributed by atoms with Gasteiger partial charge in [0.15, 0.2) is 0 Å². The van der Waals surface area contributed by atoms with Crippen LogP contribution >= 0.6 is 11.8 Å². The number of benzene rings is 2. The normalized spacial score (nSPS) is 18.3. The van der Waals surface area contributed by atoms with Gasteiger partial charge in [-0.15, -0.1) is 11.8 Å². The third kappa shape index (κ3) is 3.42. The molecule has 0 saturated carbocycles. The lowest BCUT2D eigenvalue weighted by atomic mass is 10.1. The van der Waals surface area contributed by atoms with Gasteiger partial charge in [-0.1, -0.05) is 37.3 Å². The van der Waals surface area contributed by atoms with Gasteiger partial charge in [-0.05, 0) is 42.2 Å². The van der Waals surface area contributed by atoms with Gasteiger partial charge < -0.3 is 10.5 Å². The number of hydrogen-bond donors (Lipinski definition) is 1. The first kappa shape index (κ1) is 14.5. The lowest BCUT2D eigenvalue weighted by Crippen LogP contribution is -2.13. The molecule has 1 aliphatic heterocycles. The number of fused-ring (bicyclic) bond motifs is 1. The van der Waals surface area contributed by atoms with Gasteiger partial charge in [-0.3, -0.25) is 0 Å². The molecule has 2 unspecified atom stereocenters. The van der Waals surface area contributed by atoms with Crippen molar-refractivity contribution in [2.45, 2.75) is 36.0 Å². The fourth-order valence-electron chi connectivity index (χ4n) is 2.58. The lowest BCUT2D eigenvalue weighted by molar-refractivity contribution is 0.317. The van der Waals surface area contributed by atoms with E-state index in [1.165, 1.54) is 16.0 Å². The maximum Gasteiger partial charge on any atom is 0.119 e. The zero-order chi connectivity index (χ0) is 14.7. The quantitative estimate of drug-likeness (QED) is 0.899. The van der Waals surface area contributed by atoms with E-state index in [0.29, 0.717) is 5.25 Å². The van der Waals surface area contributed by atoms with Crippen molar-refractivity contribution >= 4 is 11.8 Å². The van der Waals surface area contributed by atoms with Crippen molar-refractivity contribution in [3.8, 4) is 5.75 Å². The summed E-state index contributed by atoms with van der Waals surface area (Å²) in [5.74, 6) is 0.929. The van der Waals surface area contributed by atoms with E-state index in [4.69, 9.17) is 10.5 Å².